The third-order valence-electron chi connectivity index (χ3n) is 4.09. The average molecular weight is 378 g/mol. The van der Waals surface area contributed by atoms with Crippen molar-refractivity contribution in [3.8, 4) is 0 Å². The van der Waals surface area contributed by atoms with Gasteiger partial charge in [-0.1, -0.05) is 36.4 Å². The number of carbonyl (C=O) groups is 3. The van der Waals surface area contributed by atoms with Crippen LogP contribution in [0, 0.1) is 0 Å². The lowest BCUT2D eigenvalue weighted by molar-refractivity contribution is -0.123. The van der Waals surface area contributed by atoms with E-state index in [1.165, 1.54) is 32.4 Å². The molecule has 2 aromatic carbocycles. The first-order valence-corrected chi connectivity index (χ1v) is 8.53. The van der Waals surface area contributed by atoms with E-state index in [1.54, 1.807) is 6.07 Å². The number of benzene rings is 2. The minimum Gasteiger partial charge on any atom is -0.464 e. The predicted molar refractivity (Wildman–Crippen MR) is 103 cm³/mol. The van der Waals surface area contributed by atoms with Gasteiger partial charge in [0, 0.05) is 17.3 Å². The second-order valence-corrected chi connectivity index (χ2v) is 5.99. The number of esters is 2. The summed E-state index contributed by atoms with van der Waals surface area (Å²) in [5.41, 5.74) is 0.827. The Morgan fingerprint density at radius 2 is 1.71 bits per heavy atom. The summed E-state index contributed by atoms with van der Waals surface area (Å²) in [7, 11) is 1.24. The molecule has 3 rings (SSSR count). The number of anilines is 1. The zero-order valence-corrected chi connectivity index (χ0v) is 15.3. The number of nitrogens with zero attached hydrogens (tertiary/aromatic N) is 1. The van der Waals surface area contributed by atoms with Gasteiger partial charge in [-0.2, -0.15) is 0 Å². The van der Waals surface area contributed by atoms with Gasteiger partial charge in [-0.05, 0) is 30.5 Å². The van der Waals surface area contributed by atoms with Crippen LogP contribution < -0.4 is 5.32 Å². The van der Waals surface area contributed by atoms with Gasteiger partial charge in [0.05, 0.1) is 12.7 Å². The molecule has 0 saturated carbocycles. The second kappa shape index (κ2) is 8.30. The minimum absolute atomic E-state index is 0.0702. The molecule has 28 heavy (non-hydrogen) atoms. The van der Waals surface area contributed by atoms with Crippen LogP contribution in [0.2, 0.25) is 0 Å². The van der Waals surface area contributed by atoms with Crippen molar-refractivity contribution in [2.45, 2.75) is 13.0 Å². The van der Waals surface area contributed by atoms with Crippen LogP contribution in [0.3, 0.4) is 0 Å². The highest BCUT2D eigenvalue weighted by atomic mass is 16.5. The standard InChI is InChI=1S/C21H18N2O5/c1-13(28-20(25)15-10-11-18(22-12-15)21(26)27-2)19(24)23-17-9-5-7-14-6-3-4-8-16(14)17/h3-13H,1-2H3,(H,23,24)/t13-/m0/s1. The van der Waals surface area contributed by atoms with Crippen LogP contribution in [0.1, 0.15) is 27.8 Å². The minimum atomic E-state index is -1.02. The number of hydrogen-bond acceptors (Lipinski definition) is 6. The van der Waals surface area contributed by atoms with E-state index in [0.717, 1.165) is 10.8 Å². The third kappa shape index (κ3) is 4.15. The maximum absolute atomic E-state index is 12.4. The molecule has 1 heterocycles. The lowest BCUT2D eigenvalue weighted by Gasteiger charge is -2.14. The topological polar surface area (TPSA) is 94.6 Å². The lowest BCUT2D eigenvalue weighted by atomic mass is 10.1. The van der Waals surface area contributed by atoms with E-state index in [0.29, 0.717) is 5.69 Å². The van der Waals surface area contributed by atoms with Gasteiger partial charge in [0.25, 0.3) is 5.91 Å². The fraction of sp³-hybridized carbons (Fsp3) is 0.143. The molecule has 0 aliphatic heterocycles. The molecule has 0 aliphatic carbocycles. The highest BCUT2D eigenvalue weighted by molar-refractivity contribution is 6.04. The highest BCUT2D eigenvalue weighted by Crippen LogP contribution is 2.23. The summed E-state index contributed by atoms with van der Waals surface area (Å²) in [6, 6.07) is 15.9. The molecule has 1 amide bonds. The Labute approximate surface area is 161 Å². The van der Waals surface area contributed by atoms with Gasteiger partial charge in [0.1, 0.15) is 5.69 Å². The molecular weight excluding hydrogens is 360 g/mol. The molecule has 0 bridgehead atoms. The quantitative estimate of drug-likeness (QED) is 0.685. The van der Waals surface area contributed by atoms with E-state index >= 15 is 0 Å². The predicted octanol–water partition coefficient (Wildman–Crippen LogP) is 3.21. The fourth-order valence-corrected chi connectivity index (χ4v) is 2.59. The van der Waals surface area contributed by atoms with Crippen molar-refractivity contribution in [1.29, 1.82) is 0 Å². The summed E-state index contributed by atoms with van der Waals surface area (Å²) >= 11 is 0. The summed E-state index contributed by atoms with van der Waals surface area (Å²) in [6.07, 6.45) is 0.177. The number of pyridine rings is 1. The van der Waals surface area contributed by atoms with Gasteiger partial charge in [-0.15, -0.1) is 0 Å². The molecule has 0 saturated heterocycles. The van der Waals surface area contributed by atoms with E-state index in [-0.39, 0.29) is 11.3 Å². The largest absolute Gasteiger partial charge is 0.464 e. The third-order valence-corrected chi connectivity index (χ3v) is 4.09. The Hall–Kier alpha value is -3.74. The zero-order valence-electron chi connectivity index (χ0n) is 15.3. The van der Waals surface area contributed by atoms with Gasteiger partial charge < -0.3 is 14.8 Å². The van der Waals surface area contributed by atoms with E-state index in [1.807, 2.05) is 36.4 Å². The van der Waals surface area contributed by atoms with Crippen molar-refractivity contribution in [2.24, 2.45) is 0 Å². The van der Waals surface area contributed by atoms with Crippen molar-refractivity contribution in [3.63, 3.8) is 0 Å². The maximum atomic E-state index is 12.4. The first kappa shape index (κ1) is 19.0. The van der Waals surface area contributed by atoms with Crippen molar-refractivity contribution in [2.75, 3.05) is 12.4 Å². The summed E-state index contributed by atoms with van der Waals surface area (Å²) in [6.45, 7) is 1.48. The molecule has 7 nitrogen and oxygen atoms in total. The molecule has 7 heteroatoms. The van der Waals surface area contributed by atoms with Crippen molar-refractivity contribution in [3.05, 3.63) is 72.1 Å². The van der Waals surface area contributed by atoms with E-state index < -0.39 is 23.9 Å². The molecule has 0 aliphatic rings. The summed E-state index contributed by atoms with van der Waals surface area (Å²) in [5, 5.41) is 4.66. The van der Waals surface area contributed by atoms with Gasteiger partial charge in [0.2, 0.25) is 0 Å². The Bertz CT molecular complexity index is 1030. The van der Waals surface area contributed by atoms with Crippen molar-refractivity contribution >= 4 is 34.3 Å². The number of carbonyl (C=O) groups excluding carboxylic acids is 3. The number of fused-ring (bicyclic) bond motifs is 1. The van der Waals surface area contributed by atoms with Crippen LogP contribution in [0.25, 0.3) is 10.8 Å². The lowest BCUT2D eigenvalue weighted by Crippen LogP contribution is -2.30. The molecule has 0 radical (unpaired) electrons. The summed E-state index contributed by atoms with van der Waals surface area (Å²) in [4.78, 5) is 39.9. The van der Waals surface area contributed by atoms with Crippen LogP contribution in [0.15, 0.2) is 60.8 Å². The van der Waals surface area contributed by atoms with Crippen molar-refractivity contribution in [1.82, 2.24) is 4.98 Å². The van der Waals surface area contributed by atoms with Crippen molar-refractivity contribution < 1.29 is 23.9 Å². The van der Waals surface area contributed by atoms with Gasteiger partial charge >= 0.3 is 11.9 Å². The molecule has 142 valence electrons. The van der Waals surface area contributed by atoms with Gasteiger partial charge in [0.15, 0.2) is 6.10 Å². The number of methoxy groups -OCH3 is 1. The number of aromatic nitrogens is 1. The Balaban J connectivity index is 1.66. The second-order valence-electron chi connectivity index (χ2n) is 5.99. The molecule has 1 atom stereocenters. The summed E-state index contributed by atoms with van der Waals surface area (Å²) < 4.78 is 9.75. The molecular formula is C21H18N2O5. The molecule has 0 fully saturated rings. The number of hydrogen-bond donors (Lipinski definition) is 1. The number of nitrogens with one attached hydrogen (secondary N) is 1. The van der Waals surface area contributed by atoms with Gasteiger partial charge in [-0.25, -0.2) is 14.6 Å². The fourth-order valence-electron chi connectivity index (χ4n) is 2.59. The zero-order chi connectivity index (χ0) is 20.1. The monoisotopic (exact) mass is 378 g/mol. The normalized spacial score (nSPS) is 11.5. The van der Waals surface area contributed by atoms with Crippen LogP contribution in [0.5, 0.6) is 0 Å². The Kier molecular flexibility index (Phi) is 5.64. The van der Waals surface area contributed by atoms with Crippen LogP contribution in [0.4, 0.5) is 5.69 Å². The first-order valence-electron chi connectivity index (χ1n) is 8.53. The highest BCUT2D eigenvalue weighted by Gasteiger charge is 2.20. The first-order chi connectivity index (χ1) is 13.5. The summed E-state index contributed by atoms with van der Waals surface area (Å²) in [5.74, 6) is -1.78. The molecule has 0 unspecified atom stereocenters. The Morgan fingerprint density at radius 3 is 2.43 bits per heavy atom. The number of amides is 1. The van der Waals surface area contributed by atoms with Crippen LogP contribution in [-0.4, -0.2) is 36.0 Å². The van der Waals surface area contributed by atoms with E-state index in [9.17, 15) is 14.4 Å². The van der Waals surface area contributed by atoms with E-state index in [4.69, 9.17) is 4.74 Å². The van der Waals surface area contributed by atoms with Crippen LogP contribution >= 0.6 is 0 Å². The average Bonchev–Trinajstić information content (AvgIpc) is 2.73. The number of rotatable bonds is 5. The van der Waals surface area contributed by atoms with E-state index in [2.05, 4.69) is 15.0 Å². The number of ether oxygens (including phenoxy) is 2. The Morgan fingerprint density at radius 1 is 0.964 bits per heavy atom. The van der Waals surface area contributed by atoms with Gasteiger partial charge in [-0.3, -0.25) is 4.79 Å². The molecule has 1 N–H and O–H groups in total. The van der Waals surface area contributed by atoms with Crippen LogP contribution in [-0.2, 0) is 14.3 Å². The molecule has 0 spiro atoms. The maximum Gasteiger partial charge on any atom is 0.356 e. The molecule has 3 aromatic rings. The SMILES string of the molecule is COC(=O)c1ccc(C(=O)O[C@@H](C)C(=O)Nc2cccc3ccccc23)cn1. The smallest absolute Gasteiger partial charge is 0.356 e. The molecule has 1 aromatic heterocycles.